The fourth-order valence-corrected chi connectivity index (χ4v) is 2.64. The molecule has 0 aliphatic carbocycles. The van der Waals surface area contributed by atoms with E-state index in [1.807, 2.05) is 13.8 Å². The molecule has 138 valence electrons. The van der Waals surface area contributed by atoms with Crippen LogP contribution in [-0.2, 0) is 9.53 Å². The summed E-state index contributed by atoms with van der Waals surface area (Å²) in [5.41, 5.74) is 3.76. The second-order valence-electron chi connectivity index (χ2n) is 6.15. The van der Waals surface area contributed by atoms with Crippen LogP contribution in [0.2, 0.25) is 5.02 Å². The minimum Gasteiger partial charge on any atom is -0.449 e. The Labute approximate surface area is 161 Å². The molecule has 0 saturated carbocycles. The van der Waals surface area contributed by atoms with Gasteiger partial charge in [0.05, 0.1) is 28.0 Å². The molecule has 1 N–H and O–H groups in total. The van der Waals surface area contributed by atoms with Crippen molar-refractivity contribution < 1.29 is 14.3 Å². The third-order valence-electron chi connectivity index (χ3n) is 4.06. The van der Waals surface area contributed by atoms with E-state index in [0.29, 0.717) is 27.3 Å². The zero-order chi connectivity index (χ0) is 19.6. The van der Waals surface area contributed by atoms with Crippen molar-refractivity contribution in [1.29, 1.82) is 0 Å². The number of carbonyl (C=O) groups excluding carboxylic acids is 2. The standard InChI is InChI=1S/C20H18ClN3O3/c1-11-12(2)23-18-9-14(7-8-17(18)22-11)20(26)27-13(3)19(25)24-16-6-4-5-15(21)10-16/h4-10,13H,1-3H3,(H,24,25)/t13-/m1/s1. The van der Waals surface area contributed by atoms with Gasteiger partial charge < -0.3 is 10.1 Å². The molecule has 7 heteroatoms. The van der Waals surface area contributed by atoms with E-state index in [1.54, 1.807) is 42.5 Å². The topological polar surface area (TPSA) is 81.2 Å². The number of nitrogens with zero attached hydrogens (tertiary/aromatic N) is 2. The summed E-state index contributed by atoms with van der Waals surface area (Å²) in [5, 5.41) is 3.16. The molecule has 2 aromatic carbocycles. The van der Waals surface area contributed by atoms with Gasteiger partial charge in [0, 0.05) is 10.7 Å². The highest BCUT2D eigenvalue weighted by Crippen LogP contribution is 2.17. The monoisotopic (exact) mass is 383 g/mol. The molecule has 3 aromatic rings. The molecule has 0 aliphatic rings. The summed E-state index contributed by atoms with van der Waals surface area (Å²) in [5.74, 6) is -1.05. The molecule has 3 rings (SSSR count). The molecule has 0 spiro atoms. The first kappa shape index (κ1) is 18.8. The molecule has 1 atom stereocenters. The van der Waals surface area contributed by atoms with Crippen LogP contribution in [0.4, 0.5) is 5.69 Å². The Morgan fingerprint density at radius 3 is 2.44 bits per heavy atom. The first-order valence-corrected chi connectivity index (χ1v) is 8.73. The number of fused-ring (bicyclic) bond motifs is 1. The van der Waals surface area contributed by atoms with Crippen molar-refractivity contribution in [3.8, 4) is 0 Å². The number of rotatable bonds is 4. The van der Waals surface area contributed by atoms with Gasteiger partial charge in [-0.2, -0.15) is 0 Å². The lowest BCUT2D eigenvalue weighted by Crippen LogP contribution is -2.30. The van der Waals surface area contributed by atoms with Crippen LogP contribution in [0, 0.1) is 13.8 Å². The fourth-order valence-electron chi connectivity index (χ4n) is 2.45. The molecular formula is C20H18ClN3O3. The number of halogens is 1. The summed E-state index contributed by atoms with van der Waals surface area (Å²) in [6.07, 6.45) is -0.974. The minimum atomic E-state index is -0.974. The lowest BCUT2D eigenvalue weighted by atomic mass is 10.2. The molecule has 6 nitrogen and oxygen atoms in total. The lowest BCUT2D eigenvalue weighted by Gasteiger charge is -2.14. The quantitative estimate of drug-likeness (QED) is 0.686. The highest BCUT2D eigenvalue weighted by Gasteiger charge is 2.19. The Bertz CT molecular complexity index is 1040. The van der Waals surface area contributed by atoms with Gasteiger partial charge in [-0.3, -0.25) is 4.79 Å². The number of hydrogen-bond donors (Lipinski definition) is 1. The van der Waals surface area contributed by atoms with Crippen molar-refractivity contribution in [2.45, 2.75) is 26.9 Å². The number of ether oxygens (including phenoxy) is 1. The van der Waals surface area contributed by atoms with Crippen LogP contribution in [0.25, 0.3) is 11.0 Å². The Hall–Kier alpha value is -2.99. The maximum Gasteiger partial charge on any atom is 0.338 e. The van der Waals surface area contributed by atoms with Crippen LogP contribution >= 0.6 is 11.6 Å². The second kappa shape index (κ2) is 7.72. The Balaban J connectivity index is 1.71. The third-order valence-corrected chi connectivity index (χ3v) is 4.29. The highest BCUT2D eigenvalue weighted by atomic mass is 35.5. The zero-order valence-electron chi connectivity index (χ0n) is 15.1. The van der Waals surface area contributed by atoms with Crippen molar-refractivity contribution in [3.63, 3.8) is 0 Å². The molecule has 0 unspecified atom stereocenters. The average molecular weight is 384 g/mol. The van der Waals surface area contributed by atoms with E-state index in [9.17, 15) is 9.59 Å². The Kier molecular flexibility index (Phi) is 5.37. The summed E-state index contributed by atoms with van der Waals surface area (Å²) >= 11 is 5.89. The van der Waals surface area contributed by atoms with Gasteiger partial charge in [-0.15, -0.1) is 0 Å². The Morgan fingerprint density at radius 1 is 1.04 bits per heavy atom. The maximum atomic E-state index is 12.4. The number of amides is 1. The summed E-state index contributed by atoms with van der Waals surface area (Å²) in [4.78, 5) is 33.5. The largest absolute Gasteiger partial charge is 0.449 e. The van der Waals surface area contributed by atoms with Gasteiger partial charge in [0.2, 0.25) is 0 Å². The second-order valence-corrected chi connectivity index (χ2v) is 6.58. The van der Waals surface area contributed by atoms with E-state index in [0.717, 1.165) is 11.4 Å². The number of carbonyl (C=O) groups is 2. The van der Waals surface area contributed by atoms with Gasteiger partial charge in [-0.25, -0.2) is 14.8 Å². The first-order chi connectivity index (χ1) is 12.8. The molecule has 1 aromatic heterocycles. The third kappa shape index (κ3) is 4.41. The van der Waals surface area contributed by atoms with Crippen LogP contribution in [-0.4, -0.2) is 27.9 Å². The van der Waals surface area contributed by atoms with Crippen molar-refractivity contribution >= 4 is 40.2 Å². The van der Waals surface area contributed by atoms with Gasteiger partial charge in [-0.05, 0) is 57.2 Å². The SMILES string of the molecule is Cc1nc2ccc(C(=O)O[C@H](C)C(=O)Nc3cccc(Cl)c3)cc2nc1C. The van der Waals surface area contributed by atoms with Gasteiger partial charge >= 0.3 is 5.97 Å². The molecule has 0 aliphatic heterocycles. The van der Waals surface area contributed by atoms with E-state index >= 15 is 0 Å². The molecule has 0 fully saturated rings. The molecule has 1 amide bonds. The van der Waals surface area contributed by atoms with Gasteiger partial charge in [0.1, 0.15) is 0 Å². The number of hydrogen-bond acceptors (Lipinski definition) is 5. The molecular weight excluding hydrogens is 366 g/mol. The van der Waals surface area contributed by atoms with Crippen molar-refractivity contribution in [1.82, 2.24) is 9.97 Å². The summed E-state index contributed by atoms with van der Waals surface area (Å²) in [7, 11) is 0. The molecule has 0 radical (unpaired) electrons. The van der Waals surface area contributed by atoms with Gasteiger partial charge in [0.15, 0.2) is 6.10 Å². The van der Waals surface area contributed by atoms with Crippen LogP contribution in [0.5, 0.6) is 0 Å². The number of aromatic nitrogens is 2. The maximum absolute atomic E-state index is 12.4. The van der Waals surface area contributed by atoms with Gasteiger partial charge in [-0.1, -0.05) is 17.7 Å². The minimum absolute atomic E-state index is 0.308. The highest BCUT2D eigenvalue weighted by molar-refractivity contribution is 6.30. The van der Waals surface area contributed by atoms with Crippen LogP contribution < -0.4 is 5.32 Å². The zero-order valence-corrected chi connectivity index (χ0v) is 15.9. The number of nitrogens with one attached hydrogen (secondary N) is 1. The summed E-state index contributed by atoms with van der Waals surface area (Å²) in [6, 6.07) is 11.7. The van der Waals surface area contributed by atoms with E-state index in [1.165, 1.54) is 6.92 Å². The number of benzene rings is 2. The predicted octanol–water partition coefficient (Wildman–Crippen LogP) is 4.08. The summed E-state index contributed by atoms with van der Waals surface area (Å²) in [6.45, 7) is 5.24. The normalized spacial score (nSPS) is 11.9. The summed E-state index contributed by atoms with van der Waals surface area (Å²) < 4.78 is 5.27. The van der Waals surface area contributed by atoms with Crippen LogP contribution in [0.1, 0.15) is 28.7 Å². The van der Waals surface area contributed by atoms with Crippen LogP contribution in [0.15, 0.2) is 42.5 Å². The van der Waals surface area contributed by atoms with E-state index < -0.39 is 18.0 Å². The number of aryl methyl sites for hydroxylation is 2. The number of anilines is 1. The van der Waals surface area contributed by atoms with Crippen molar-refractivity contribution in [2.75, 3.05) is 5.32 Å². The van der Waals surface area contributed by atoms with Gasteiger partial charge in [0.25, 0.3) is 5.91 Å². The van der Waals surface area contributed by atoms with E-state index in [2.05, 4.69) is 15.3 Å². The van der Waals surface area contributed by atoms with Crippen LogP contribution in [0.3, 0.4) is 0 Å². The van der Waals surface area contributed by atoms with Crippen molar-refractivity contribution in [2.24, 2.45) is 0 Å². The molecule has 0 bridgehead atoms. The lowest BCUT2D eigenvalue weighted by molar-refractivity contribution is -0.123. The molecule has 1 heterocycles. The predicted molar refractivity (Wildman–Crippen MR) is 104 cm³/mol. The first-order valence-electron chi connectivity index (χ1n) is 8.36. The van der Waals surface area contributed by atoms with Crippen molar-refractivity contribution in [3.05, 3.63) is 64.4 Å². The van der Waals surface area contributed by atoms with E-state index in [4.69, 9.17) is 16.3 Å². The Morgan fingerprint density at radius 2 is 1.74 bits per heavy atom. The van der Waals surface area contributed by atoms with E-state index in [-0.39, 0.29) is 0 Å². The molecule has 0 saturated heterocycles. The average Bonchev–Trinajstić information content (AvgIpc) is 2.62. The molecule has 27 heavy (non-hydrogen) atoms. The fraction of sp³-hybridized carbons (Fsp3) is 0.200. The number of esters is 1. The smallest absolute Gasteiger partial charge is 0.338 e.